The van der Waals surface area contributed by atoms with Gasteiger partial charge in [0.15, 0.2) is 0 Å². The van der Waals surface area contributed by atoms with E-state index in [9.17, 15) is 36.4 Å². The lowest BCUT2D eigenvalue weighted by molar-refractivity contribution is -0.284. The summed E-state index contributed by atoms with van der Waals surface area (Å²) in [5.74, 6) is -0.938. The minimum Gasteiger partial charge on any atom is -0.616 e. The third-order valence-corrected chi connectivity index (χ3v) is 13.8. The summed E-state index contributed by atoms with van der Waals surface area (Å²) in [4.78, 5) is 12.4. The highest BCUT2D eigenvalue weighted by Crippen LogP contribution is 2.67. The number of unbranched alkanes of at least 4 members (excludes halogenated alkanes) is 6. The molecule has 0 radical (unpaired) electrons. The van der Waals surface area contributed by atoms with Crippen LogP contribution >= 0.6 is 0 Å². The maximum absolute atomic E-state index is 13.0. The number of aliphatic hydroxyl groups excluding tert-OH is 1. The molecule has 0 aromatic heterocycles. The van der Waals surface area contributed by atoms with Gasteiger partial charge in [0.1, 0.15) is 17.3 Å². The van der Waals surface area contributed by atoms with Crippen LogP contribution in [-0.2, 0) is 16.0 Å². The molecule has 0 spiro atoms. The van der Waals surface area contributed by atoms with Crippen molar-refractivity contribution in [3.05, 3.63) is 0 Å². The molecule has 0 saturated heterocycles. The van der Waals surface area contributed by atoms with Crippen LogP contribution in [-0.4, -0.2) is 45.2 Å². The van der Waals surface area contributed by atoms with E-state index in [2.05, 4.69) is 13.8 Å². The Balaban J connectivity index is 1.16. The smallest absolute Gasteiger partial charge is 0.453 e. The fourth-order valence-corrected chi connectivity index (χ4v) is 10.9. The van der Waals surface area contributed by atoms with Crippen LogP contribution in [0, 0.1) is 40.4 Å². The highest BCUT2D eigenvalue weighted by atomic mass is 32.2. The molecule has 1 N–H and O–H groups in total. The van der Waals surface area contributed by atoms with Crippen LogP contribution in [0.25, 0.3) is 0 Å². The number of aliphatic hydroxyl groups is 1. The SMILES string of the molecule is C[C@]12CCC(=O)C[C@@H]1C[C@H](CCCCCCCCC[S+]([O-])CCCC(F)(F)C(F)(F)F)[C@@H]1[C@@H]2CC[C@]2(C)[C@@H](O)CC[C@@H]12. The molecule has 0 amide bonds. The van der Waals surface area contributed by atoms with E-state index in [1.165, 1.54) is 25.7 Å². The summed E-state index contributed by atoms with van der Waals surface area (Å²) in [6.07, 6.45) is 9.05. The van der Waals surface area contributed by atoms with Crippen molar-refractivity contribution in [1.82, 2.24) is 0 Å². The fourth-order valence-electron chi connectivity index (χ4n) is 9.74. The molecular weight excluding hydrogens is 571 g/mol. The zero-order valence-corrected chi connectivity index (χ0v) is 26.5. The number of hydrogen-bond acceptors (Lipinski definition) is 3. The molecule has 4 aliphatic rings. The molecule has 9 atom stereocenters. The van der Waals surface area contributed by atoms with E-state index in [-0.39, 0.29) is 22.7 Å². The van der Waals surface area contributed by atoms with Gasteiger partial charge in [-0.1, -0.05) is 63.5 Å². The molecule has 0 bridgehead atoms. The molecule has 3 nitrogen and oxygen atoms in total. The summed E-state index contributed by atoms with van der Waals surface area (Å²) < 4.78 is 74.6. The summed E-state index contributed by atoms with van der Waals surface area (Å²) >= 11 is -1.35. The van der Waals surface area contributed by atoms with Gasteiger partial charge in [0.2, 0.25) is 0 Å². The molecule has 0 aromatic rings. The number of alkyl halides is 5. The topological polar surface area (TPSA) is 60.4 Å². The van der Waals surface area contributed by atoms with Gasteiger partial charge in [0.25, 0.3) is 0 Å². The maximum atomic E-state index is 13.0. The first-order valence-corrected chi connectivity index (χ1v) is 18.2. The molecule has 0 heterocycles. The molecule has 0 aliphatic heterocycles. The molecule has 4 aliphatic carbocycles. The second-order valence-electron chi connectivity index (χ2n) is 14.8. The molecule has 42 heavy (non-hydrogen) atoms. The molecule has 244 valence electrons. The lowest BCUT2D eigenvalue weighted by Gasteiger charge is -2.62. The van der Waals surface area contributed by atoms with E-state index in [1.54, 1.807) is 0 Å². The Morgan fingerprint density at radius 2 is 1.48 bits per heavy atom. The zero-order chi connectivity index (χ0) is 30.8. The van der Waals surface area contributed by atoms with Gasteiger partial charge >= 0.3 is 12.1 Å². The van der Waals surface area contributed by atoms with Crippen LogP contribution in [0.5, 0.6) is 0 Å². The fraction of sp³-hybridized carbons (Fsp3) is 0.970. The van der Waals surface area contributed by atoms with Crippen molar-refractivity contribution in [2.75, 3.05) is 11.5 Å². The molecule has 4 fully saturated rings. The Kier molecular flexibility index (Phi) is 11.4. The Hall–Kier alpha value is -0.410. The summed E-state index contributed by atoms with van der Waals surface area (Å²) in [6, 6.07) is 0. The average Bonchev–Trinajstić information content (AvgIpc) is 3.21. The Morgan fingerprint density at radius 1 is 0.857 bits per heavy atom. The number of rotatable bonds is 14. The molecule has 9 heteroatoms. The van der Waals surface area contributed by atoms with Crippen molar-refractivity contribution < 1.29 is 36.4 Å². The number of fused-ring (bicyclic) bond motifs is 5. The summed E-state index contributed by atoms with van der Waals surface area (Å²) in [5, 5.41) is 10.9. The summed E-state index contributed by atoms with van der Waals surface area (Å²) in [6.45, 7) is 4.82. The Bertz CT molecular complexity index is 899. The average molecular weight is 625 g/mol. The van der Waals surface area contributed by atoms with Crippen LogP contribution in [0.1, 0.15) is 129 Å². The first kappa shape index (κ1) is 34.5. The van der Waals surface area contributed by atoms with Crippen LogP contribution in [0.2, 0.25) is 0 Å². The summed E-state index contributed by atoms with van der Waals surface area (Å²) in [7, 11) is 0. The Morgan fingerprint density at radius 3 is 2.17 bits per heavy atom. The van der Waals surface area contributed by atoms with Crippen molar-refractivity contribution in [2.24, 2.45) is 40.4 Å². The van der Waals surface area contributed by atoms with Gasteiger partial charge < -0.3 is 9.66 Å². The van der Waals surface area contributed by atoms with Crippen molar-refractivity contribution in [3.8, 4) is 0 Å². The molecule has 4 rings (SSSR count). The number of halogens is 5. The standard InChI is InChI=1S/C33H53F5O3S/c1-30-17-14-25(39)22-24(30)21-23(29-26-12-13-28(40)31(26,2)18-15-27(29)30)11-8-6-4-3-5-7-9-19-42(41)20-10-16-32(34,35)33(36,37)38/h23-24,26-29,40H,3-22H2,1-2H3/t23-,24-,26-,27-,28-,29-,30-,31-,42?/m0/s1. The highest BCUT2D eigenvalue weighted by molar-refractivity contribution is 7.91. The van der Waals surface area contributed by atoms with Crippen LogP contribution in [0.3, 0.4) is 0 Å². The first-order valence-electron chi connectivity index (χ1n) is 16.7. The number of carbonyl (C=O) groups excluding carboxylic acids is 1. The van der Waals surface area contributed by atoms with Crippen LogP contribution in [0.15, 0.2) is 0 Å². The Labute approximate surface area is 252 Å². The van der Waals surface area contributed by atoms with Gasteiger partial charge in [0.05, 0.1) is 6.10 Å². The first-order chi connectivity index (χ1) is 19.7. The van der Waals surface area contributed by atoms with Crippen molar-refractivity contribution >= 4 is 17.0 Å². The molecule has 1 unspecified atom stereocenters. The quantitative estimate of drug-likeness (QED) is 0.119. The minimum atomic E-state index is -5.54. The van der Waals surface area contributed by atoms with E-state index in [0.717, 1.165) is 70.6 Å². The number of ketones is 1. The number of hydrogen-bond donors (Lipinski definition) is 1. The molecule has 4 saturated carbocycles. The van der Waals surface area contributed by atoms with Crippen molar-refractivity contribution in [1.29, 1.82) is 0 Å². The second-order valence-corrected chi connectivity index (χ2v) is 16.5. The molecule has 0 aromatic carbocycles. The van der Waals surface area contributed by atoms with E-state index in [4.69, 9.17) is 0 Å². The second kappa shape index (κ2) is 13.9. The lowest BCUT2D eigenvalue weighted by Crippen LogP contribution is -2.57. The van der Waals surface area contributed by atoms with E-state index < -0.39 is 36.1 Å². The predicted octanol–water partition coefficient (Wildman–Crippen LogP) is 9.03. The number of carbonyl (C=O) groups is 1. The summed E-state index contributed by atoms with van der Waals surface area (Å²) in [5.41, 5.74) is 0.312. The zero-order valence-electron chi connectivity index (χ0n) is 25.7. The van der Waals surface area contributed by atoms with E-state index in [1.807, 2.05) is 0 Å². The molecular formula is C33H53F5O3S. The van der Waals surface area contributed by atoms with Gasteiger partial charge in [-0.15, -0.1) is 0 Å². The minimum absolute atomic E-state index is 0.0465. The van der Waals surface area contributed by atoms with Crippen molar-refractivity contribution in [2.45, 2.75) is 148 Å². The van der Waals surface area contributed by atoms with Gasteiger partial charge in [-0.2, -0.15) is 22.0 Å². The van der Waals surface area contributed by atoms with Crippen LogP contribution in [0.4, 0.5) is 22.0 Å². The van der Waals surface area contributed by atoms with E-state index >= 15 is 0 Å². The normalized spacial score (nSPS) is 37.7. The third-order valence-electron chi connectivity index (χ3n) is 12.3. The van der Waals surface area contributed by atoms with E-state index in [0.29, 0.717) is 47.5 Å². The van der Waals surface area contributed by atoms with Crippen molar-refractivity contribution in [3.63, 3.8) is 0 Å². The van der Waals surface area contributed by atoms with Crippen LogP contribution < -0.4 is 0 Å². The highest BCUT2D eigenvalue weighted by Gasteiger charge is 2.62. The number of Topliss-reactive ketones (excluding diaryl/α,β-unsaturated/α-hetero) is 1. The van der Waals surface area contributed by atoms with Gasteiger partial charge in [-0.05, 0) is 98.2 Å². The van der Waals surface area contributed by atoms with Gasteiger partial charge in [-0.3, -0.25) is 4.79 Å². The largest absolute Gasteiger partial charge is 0.616 e. The third kappa shape index (κ3) is 7.51. The maximum Gasteiger partial charge on any atom is 0.453 e. The van der Waals surface area contributed by atoms with Gasteiger partial charge in [-0.25, -0.2) is 0 Å². The van der Waals surface area contributed by atoms with Gasteiger partial charge in [0, 0.05) is 19.3 Å². The monoisotopic (exact) mass is 624 g/mol. The predicted molar refractivity (Wildman–Crippen MR) is 157 cm³/mol. The lowest BCUT2D eigenvalue weighted by atomic mass is 9.42.